The van der Waals surface area contributed by atoms with Crippen LogP contribution >= 0.6 is 0 Å². The Morgan fingerprint density at radius 3 is 2.55 bits per heavy atom. The second-order valence-corrected chi connectivity index (χ2v) is 4.19. The van der Waals surface area contributed by atoms with Crippen LogP contribution in [0.1, 0.15) is 12.8 Å². The minimum absolute atomic E-state index is 0.0705. The van der Waals surface area contributed by atoms with E-state index in [1.165, 1.54) is 12.1 Å². The summed E-state index contributed by atoms with van der Waals surface area (Å²) in [5.41, 5.74) is 0.726. The number of nitrogens with one attached hydrogen (secondary N) is 1. The molecule has 2 aromatic rings. The van der Waals surface area contributed by atoms with Crippen LogP contribution in [0.5, 0.6) is 5.75 Å². The topological polar surface area (TPSA) is 51.2 Å². The van der Waals surface area contributed by atoms with Crippen LogP contribution in [0, 0.1) is 5.82 Å². The normalized spacial score (nSPS) is 10.1. The maximum Gasteiger partial charge on any atom is 0.224 e. The van der Waals surface area contributed by atoms with Gasteiger partial charge in [0.2, 0.25) is 5.91 Å². The second-order valence-electron chi connectivity index (χ2n) is 4.19. The highest BCUT2D eigenvalue weighted by atomic mass is 19.1. The average Bonchev–Trinajstić information content (AvgIpc) is 2.46. The van der Waals surface area contributed by atoms with Gasteiger partial charge in [0, 0.05) is 24.5 Å². The summed E-state index contributed by atoms with van der Waals surface area (Å²) in [6, 6.07) is 9.26. The highest BCUT2D eigenvalue weighted by Crippen LogP contribution is 2.11. The molecule has 104 valence electrons. The molecule has 0 fully saturated rings. The Kier molecular flexibility index (Phi) is 5.06. The number of ether oxygens (including phenoxy) is 1. The van der Waals surface area contributed by atoms with Crippen molar-refractivity contribution in [3.05, 3.63) is 54.6 Å². The highest BCUT2D eigenvalue weighted by Gasteiger charge is 2.02. The number of carbonyl (C=O) groups excluding carboxylic acids is 1. The molecule has 1 amide bonds. The molecule has 5 heteroatoms. The molecule has 4 nitrogen and oxygen atoms in total. The van der Waals surface area contributed by atoms with Crippen molar-refractivity contribution in [3.8, 4) is 5.75 Å². The summed E-state index contributed by atoms with van der Waals surface area (Å²) in [5.74, 6) is 0.230. The Morgan fingerprint density at radius 2 is 1.85 bits per heavy atom. The lowest BCUT2D eigenvalue weighted by Crippen LogP contribution is -2.12. The third-order valence-electron chi connectivity index (χ3n) is 2.59. The number of hydrogen-bond acceptors (Lipinski definition) is 3. The Labute approximate surface area is 116 Å². The number of anilines is 1. The van der Waals surface area contributed by atoms with Gasteiger partial charge in [-0.05, 0) is 42.8 Å². The van der Waals surface area contributed by atoms with E-state index < -0.39 is 0 Å². The molecule has 0 bridgehead atoms. The molecule has 1 aromatic carbocycles. The van der Waals surface area contributed by atoms with Crippen LogP contribution in [0.15, 0.2) is 48.8 Å². The number of benzene rings is 1. The van der Waals surface area contributed by atoms with Gasteiger partial charge in [0.05, 0.1) is 6.61 Å². The fraction of sp³-hybridized carbons (Fsp3) is 0.200. The number of carbonyl (C=O) groups is 1. The Bertz CT molecular complexity index is 544. The molecule has 0 aliphatic heterocycles. The van der Waals surface area contributed by atoms with E-state index in [2.05, 4.69) is 10.3 Å². The number of pyridine rings is 1. The largest absolute Gasteiger partial charge is 0.494 e. The minimum atomic E-state index is -0.297. The molecule has 0 atom stereocenters. The van der Waals surface area contributed by atoms with Gasteiger partial charge >= 0.3 is 0 Å². The molecule has 1 heterocycles. The lowest BCUT2D eigenvalue weighted by Gasteiger charge is -2.07. The Morgan fingerprint density at radius 1 is 1.15 bits per heavy atom. The van der Waals surface area contributed by atoms with Crippen molar-refractivity contribution in [2.45, 2.75) is 12.8 Å². The van der Waals surface area contributed by atoms with E-state index in [1.807, 2.05) is 0 Å². The number of halogens is 1. The van der Waals surface area contributed by atoms with E-state index in [1.54, 1.807) is 36.7 Å². The van der Waals surface area contributed by atoms with Crippen molar-refractivity contribution < 1.29 is 13.9 Å². The molecule has 0 unspecified atom stereocenters. The third-order valence-corrected chi connectivity index (χ3v) is 2.59. The van der Waals surface area contributed by atoms with Crippen LogP contribution in [-0.4, -0.2) is 17.5 Å². The van der Waals surface area contributed by atoms with Crippen molar-refractivity contribution in [2.24, 2.45) is 0 Å². The van der Waals surface area contributed by atoms with Crippen molar-refractivity contribution >= 4 is 11.6 Å². The van der Waals surface area contributed by atoms with Crippen molar-refractivity contribution in [1.82, 2.24) is 4.98 Å². The quantitative estimate of drug-likeness (QED) is 0.824. The lowest BCUT2D eigenvalue weighted by molar-refractivity contribution is -0.116. The van der Waals surface area contributed by atoms with Crippen molar-refractivity contribution in [3.63, 3.8) is 0 Å². The van der Waals surface area contributed by atoms with Gasteiger partial charge < -0.3 is 10.1 Å². The van der Waals surface area contributed by atoms with Gasteiger partial charge in [0.15, 0.2) is 0 Å². The summed E-state index contributed by atoms with van der Waals surface area (Å²) in [6.45, 7) is 0.412. The predicted octanol–water partition coefficient (Wildman–Crippen LogP) is 3.02. The van der Waals surface area contributed by atoms with E-state index in [9.17, 15) is 9.18 Å². The maximum atomic E-state index is 12.7. The Hall–Kier alpha value is -2.43. The average molecular weight is 274 g/mol. The number of rotatable bonds is 6. The first-order chi connectivity index (χ1) is 9.74. The first-order valence-corrected chi connectivity index (χ1v) is 6.32. The van der Waals surface area contributed by atoms with Crippen LogP contribution in [-0.2, 0) is 4.79 Å². The molecule has 0 saturated carbocycles. The molecule has 0 saturated heterocycles. The molecular weight excluding hydrogens is 259 g/mol. The van der Waals surface area contributed by atoms with Crippen LogP contribution < -0.4 is 10.1 Å². The number of amides is 1. The Balaban J connectivity index is 1.66. The molecule has 20 heavy (non-hydrogen) atoms. The zero-order valence-corrected chi connectivity index (χ0v) is 10.9. The van der Waals surface area contributed by atoms with Crippen LogP contribution in [0.4, 0.5) is 10.1 Å². The van der Waals surface area contributed by atoms with Crippen LogP contribution in [0.3, 0.4) is 0 Å². The van der Waals surface area contributed by atoms with E-state index >= 15 is 0 Å². The van der Waals surface area contributed by atoms with Gasteiger partial charge in [-0.25, -0.2) is 4.39 Å². The molecule has 1 N–H and O–H groups in total. The summed E-state index contributed by atoms with van der Waals surface area (Å²) in [5, 5.41) is 2.76. The molecule has 0 spiro atoms. The monoisotopic (exact) mass is 274 g/mol. The van der Waals surface area contributed by atoms with Gasteiger partial charge in [-0.15, -0.1) is 0 Å². The fourth-order valence-electron chi connectivity index (χ4n) is 1.61. The summed E-state index contributed by atoms with van der Waals surface area (Å²) in [4.78, 5) is 15.5. The standard InChI is InChI=1S/C15H15FN2O2/c16-12-3-5-14(6-4-12)20-11-1-2-15(19)18-13-7-9-17-10-8-13/h3-10H,1-2,11H2,(H,17,18,19). The third kappa shape index (κ3) is 4.68. The molecule has 2 rings (SSSR count). The van der Waals surface area contributed by atoms with Gasteiger partial charge in [0.1, 0.15) is 11.6 Å². The van der Waals surface area contributed by atoms with Crippen LogP contribution in [0.25, 0.3) is 0 Å². The minimum Gasteiger partial charge on any atom is -0.494 e. The first kappa shape index (κ1) is 14.0. The molecule has 0 aliphatic carbocycles. The second kappa shape index (κ2) is 7.23. The zero-order valence-electron chi connectivity index (χ0n) is 10.9. The van der Waals surface area contributed by atoms with E-state index in [0.717, 1.165) is 5.69 Å². The highest BCUT2D eigenvalue weighted by molar-refractivity contribution is 5.90. The van der Waals surface area contributed by atoms with Gasteiger partial charge in [-0.1, -0.05) is 0 Å². The number of aromatic nitrogens is 1. The molecular formula is C15H15FN2O2. The van der Waals surface area contributed by atoms with E-state index in [4.69, 9.17) is 4.74 Å². The van der Waals surface area contributed by atoms with E-state index in [0.29, 0.717) is 25.2 Å². The van der Waals surface area contributed by atoms with Crippen LogP contribution in [0.2, 0.25) is 0 Å². The fourth-order valence-corrected chi connectivity index (χ4v) is 1.61. The number of nitrogens with zero attached hydrogens (tertiary/aromatic N) is 1. The molecule has 1 aromatic heterocycles. The van der Waals surface area contributed by atoms with Gasteiger partial charge in [-0.3, -0.25) is 9.78 Å². The molecule has 0 radical (unpaired) electrons. The predicted molar refractivity (Wildman–Crippen MR) is 74.0 cm³/mol. The summed E-state index contributed by atoms with van der Waals surface area (Å²) in [6.07, 6.45) is 4.19. The van der Waals surface area contributed by atoms with Gasteiger partial charge in [0.25, 0.3) is 0 Å². The summed E-state index contributed by atoms with van der Waals surface area (Å²) < 4.78 is 18.1. The first-order valence-electron chi connectivity index (χ1n) is 6.32. The molecule has 0 aliphatic rings. The maximum absolute atomic E-state index is 12.7. The van der Waals surface area contributed by atoms with Crippen molar-refractivity contribution in [2.75, 3.05) is 11.9 Å². The lowest BCUT2D eigenvalue weighted by atomic mass is 10.3. The number of hydrogen-bond donors (Lipinski definition) is 1. The zero-order chi connectivity index (χ0) is 14.2. The summed E-state index contributed by atoms with van der Waals surface area (Å²) >= 11 is 0. The van der Waals surface area contributed by atoms with E-state index in [-0.39, 0.29) is 11.7 Å². The smallest absolute Gasteiger partial charge is 0.224 e. The summed E-state index contributed by atoms with van der Waals surface area (Å²) in [7, 11) is 0. The van der Waals surface area contributed by atoms with Crippen molar-refractivity contribution in [1.29, 1.82) is 0 Å². The SMILES string of the molecule is O=C(CCCOc1ccc(F)cc1)Nc1ccncc1. The van der Waals surface area contributed by atoms with Gasteiger partial charge in [-0.2, -0.15) is 0 Å².